The van der Waals surface area contributed by atoms with Gasteiger partial charge < -0.3 is 14.8 Å². The molecule has 0 aliphatic heterocycles. The molecule has 2 aromatic rings. The van der Waals surface area contributed by atoms with Crippen LogP contribution >= 0.6 is 27.5 Å². The topological polar surface area (TPSA) is 43.4 Å². The molecule has 1 N–H and O–H groups in total. The van der Waals surface area contributed by atoms with E-state index in [1.807, 2.05) is 24.3 Å². The lowest BCUT2D eigenvalue weighted by Crippen LogP contribution is -2.02. The molecular formula is C14H14BrClN2O2. The summed E-state index contributed by atoms with van der Waals surface area (Å²) in [4.78, 5) is 4.07. The highest BCUT2D eigenvalue weighted by Crippen LogP contribution is 2.26. The van der Waals surface area contributed by atoms with Crippen LogP contribution in [0.3, 0.4) is 0 Å². The van der Waals surface area contributed by atoms with Gasteiger partial charge in [0.15, 0.2) is 0 Å². The van der Waals surface area contributed by atoms with Crippen LogP contribution in [-0.2, 0) is 6.54 Å². The molecule has 1 aromatic heterocycles. The summed E-state index contributed by atoms with van der Waals surface area (Å²) in [7, 11) is 3.27. The summed E-state index contributed by atoms with van der Waals surface area (Å²) in [6, 6.07) is 7.59. The number of ether oxygens (including phenoxy) is 2. The second-order valence-electron chi connectivity index (χ2n) is 4.03. The summed E-state index contributed by atoms with van der Waals surface area (Å²) < 4.78 is 11.3. The number of pyridine rings is 1. The van der Waals surface area contributed by atoms with Gasteiger partial charge in [-0.3, -0.25) is 0 Å². The zero-order chi connectivity index (χ0) is 14.5. The molecule has 0 aliphatic carbocycles. The predicted molar refractivity (Wildman–Crippen MR) is 83.8 cm³/mol. The van der Waals surface area contributed by atoms with Crippen molar-refractivity contribution in [3.63, 3.8) is 0 Å². The molecule has 0 unspecified atom stereocenters. The van der Waals surface area contributed by atoms with Crippen LogP contribution in [0.25, 0.3) is 0 Å². The second kappa shape index (κ2) is 6.81. The van der Waals surface area contributed by atoms with Crippen LogP contribution in [0.4, 0.5) is 5.69 Å². The second-order valence-corrected chi connectivity index (χ2v) is 5.24. The van der Waals surface area contributed by atoms with E-state index in [2.05, 4.69) is 26.2 Å². The van der Waals surface area contributed by atoms with E-state index in [0.717, 1.165) is 27.2 Å². The Morgan fingerprint density at radius 2 is 2.05 bits per heavy atom. The van der Waals surface area contributed by atoms with E-state index in [-0.39, 0.29) is 0 Å². The minimum atomic E-state index is 0.442. The SMILES string of the molecule is COc1ccc(CNc2cnc(Cl)c(Br)c2)c(OC)c1. The van der Waals surface area contributed by atoms with E-state index < -0.39 is 0 Å². The number of aromatic nitrogens is 1. The van der Waals surface area contributed by atoms with E-state index in [1.54, 1.807) is 20.4 Å². The fourth-order valence-corrected chi connectivity index (χ4v) is 2.17. The third-order valence-electron chi connectivity index (χ3n) is 2.77. The van der Waals surface area contributed by atoms with Crippen molar-refractivity contribution in [2.45, 2.75) is 6.54 Å². The third kappa shape index (κ3) is 3.55. The van der Waals surface area contributed by atoms with E-state index in [4.69, 9.17) is 21.1 Å². The van der Waals surface area contributed by atoms with Crippen molar-refractivity contribution in [3.05, 3.63) is 45.7 Å². The lowest BCUT2D eigenvalue weighted by atomic mass is 10.2. The molecule has 0 amide bonds. The Morgan fingerprint density at radius 1 is 1.25 bits per heavy atom. The molecule has 6 heteroatoms. The molecule has 0 saturated heterocycles. The Bertz CT molecular complexity index is 608. The fourth-order valence-electron chi connectivity index (χ4n) is 1.71. The number of hydrogen-bond donors (Lipinski definition) is 1. The normalized spacial score (nSPS) is 10.2. The molecule has 0 saturated carbocycles. The van der Waals surface area contributed by atoms with Crippen LogP contribution in [0.15, 0.2) is 34.9 Å². The van der Waals surface area contributed by atoms with Crippen molar-refractivity contribution in [2.75, 3.05) is 19.5 Å². The summed E-state index contributed by atoms with van der Waals surface area (Å²) >= 11 is 9.20. The zero-order valence-electron chi connectivity index (χ0n) is 11.1. The van der Waals surface area contributed by atoms with Crippen LogP contribution in [0.5, 0.6) is 11.5 Å². The Kier molecular flexibility index (Phi) is 5.09. The molecular weight excluding hydrogens is 344 g/mol. The molecule has 0 atom stereocenters. The first-order valence-electron chi connectivity index (χ1n) is 5.90. The first-order valence-corrected chi connectivity index (χ1v) is 7.07. The first-order chi connectivity index (χ1) is 9.63. The molecule has 0 spiro atoms. The number of nitrogens with zero attached hydrogens (tertiary/aromatic N) is 1. The quantitative estimate of drug-likeness (QED) is 0.817. The van der Waals surface area contributed by atoms with Crippen LogP contribution < -0.4 is 14.8 Å². The molecule has 0 fully saturated rings. The Morgan fingerprint density at radius 3 is 2.70 bits per heavy atom. The molecule has 0 bridgehead atoms. The van der Waals surface area contributed by atoms with Crippen molar-refractivity contribution in [3.8, 4) is 11.5 Å². The maximum atomic E-state index is 5.86. The maximum absolute atomic E-state index is 5.86. The zero-order valence-corrected chi connectivity index (χ0v) is 13.5. The minimum Gasteiger partial charge on any atom is -0.497 e. The van der Waals surface area contributed by atoms with E-state index in [0.29, 0.717) is 11.7 Å². The molecule has 0 radical (unpaired) electrons. The average molecular weight is 358 g/mol. The monoisotopic (exact) mass is 356 g/mol. The Hall–Kier alpha value is -1.46. The standard InChI is InChI=1S/C14H14BrClN2O2/c1-19-11-4-3-9(13(6-11)20-2)7-17-10-5-12(15)14(16)18-8-10/h3-6,8,17H,7H2,1-2H3. The molecule has 0 aliphatic rings. The number of methoxy groups -OCH3 is 2. The van der Waals surface area contributed by atoms with Crippen LogP contribution in [0.1, 0.15) is 5.56 Å². The smallest absolute Gasteiger partial charge is 0.143 e. The van der Waals surface area contributed by atoms with Gasteiger partial charge in [-0.15, -0.1) is 0 Å². The van der Waals surface area contributed by atoms with E-state index in [1.165, 1.54) is 0 Å². The number of hydrogen-bond acceptors (Lipinski definition) is 4. The molecule has 106 valence electrons. The lowest BCUT2D eigenvalue weighted by molar-refractivity contribution is 0.391. The van der Waals surface area contributed by atoms with Crippen molar-refractivity contribution in [1.29, 1.82) is 0 Å². The molecule has 4 nitrogen and oxygen atoms in total. The van der Waals surface area contributed by atoms with Gasteiger partial charge in [-0.2, -0.15) is 0 Å². The summed E-state index contributed by atoms with van der Waals surface area (Å²) in [5.74, 6) is 1.54. The summed E-state index contributed by atoms with van der Waals surface area (Å²) in [5, 5.41) is 3.71. The van der Waals surface area contributed by atoms with Crippen LogP contribution in [0.2, 0.25) is 5.15 Å². The first kappa shape index (κ1) is 14.9. The number of halogens is 2. The molecule has 1 aromatic carbocycles. The maximum Gasteiger partial charge on any atom is 0.143 e. The van der Waals surface area contributed by atoms with Gasteiger partial charge in [0.25, 0.3) is 0 Å². The average Bonchev–Trinajstić information content (AvgIpc) is 2.48. The number of benzene rings is 1. The Balaban J connectivity index is 2.12. The van der Waals surface area contributed by atoms with Gasteiger partial charge in [0, 0.05) is 18.2 Å². The van der Waals surface area contributed by atoms with Crippen LogP contribution in [0, 0.1) is 0 Å². The number of nitrogens with one attached hydrogen (secondary N) is 1. The van der Waals surface area contributed by atoms with Crippen molar-refractivity contribution >= 4 is 33.2 Å². The highest BCUT2D eigenvalue weighted by atomic mass is 79.9. The van der Waals surface area contributed by atoms with Gasteiger partial charge in [0.05, 0.1) is 30.6 Å². The van der Waals surface area contributed by atoms with Gasteiger partial charge in [-0.25, -0.2) is 4.98 Å². The largest absolute Gasteiger partial charge is 0.497 e. The van der Waals surface area contributed by atoms with Crippen molar-refractivity contribution < 1.29 is 9.47 Å². The highest BCUT2D eigenvalue weighted by Gasteiger charge is 2.06. The summed E-state index contributed by atoms with van der Waals surface area (Å²) in [6.07, 6.45) is 1.68. The minimum absolute atomic E-state index is 0.442. The van der Waals surface area contributed by atoms with Gasteiger partial charge in [0.2, 0.25) is 0 Å². The van der Waals surface area contributed by atoms with Gasteiger partial charge >= 0.3 is 0 Å². The van der Waals surface area contributed by atoms with Crippen molar-refractivity contribution in [1.82, 2.24) is 4.98 Å². The molecule has 1 heterocycles. The number of anilines is 1. The van der Waals surface area contributed by atoms with E-state index >= 15 is 0 Å². The van der Waals surface area contributed by atoms with Crippen LogP contribution in [-0.4, -0.2) is 19.2 Å². The molecule has 2 rings (SSSR count). The van der Waals surface area contributed by atoms with Gasteiger partial charge in [-0.05, 0) is 34.1 Å². The third-order valence-corrected chi connectivity index (χ3v) is 3.91. The van der Waals surface area contributed by atoms with Crippen molar-refractivity contribution in [2.24, 2.45) is 0 Å². The van der Waals surface area contributed by atoms with Gasteiger partial charge in [0.1, 0.15) is 16.7 Å². The van der Waals surface area contributed by atoms with E-state index in [9.17, 15) is 0 Å². The summed E-state index contributed by atoms with van der Waals surface area (Å²) in [5.41, 5.74) is 1.90. The predicted octanol–water partition coefficient (Wildman–Crippen LogP) is 4.13. The fraction of sp³-hybridized carbons (Fsp3) is 0.214. The molecule has 20 heavy (non-hydrogen) atoms. The highest BCUT2D eigenvalue weighted by molar-refractivity contribution is 9.10. The summed E-state index contributed by atoms with van der Waals surface area (Å²) in [6.45, 7) is 0.614. The Labute approximate surface area is 131 Å². The van der Waals surface area contributed by atoms with Gasteiger partial charge in [-0.1, -0.05) is 11.6 Å². The number of rotatable bonds is 5. The lowest BCUT2D eigenvalue weighted by Gasteiger charge is -2.12.